The SMILES string of the molecule is CC1CCCC(CNC(=O)Nc2cnn(CC(=O)O)c2)C1. The average molecular weight is 294 g/mol. The van der Waals surface area contributed by atoms with Crippen LogP contribution in [0.4, 0.5) is 10.5 Å². The molecule has 1 aromatic heterocycles. The maximum Gasteiger partial charge on any atom is 0.325 e. The molecule has 0 bridgehead atoms. The van der Waals surface area contributed by atoms with E-state index >= 15 is 0 Å². The lowest BCUT2D eigenvalue weighted by atomic mass is 9.82. The number of hydrogen-bond acceptors (Lipinski definition) is 3. The molecule has 2 rings (SSSR count). The van der Waals surface area contributed by atoms with Crippen LogP contribution >= 0.6 is 0 Å². The quantitative estimate of drug-likeness (QED) is 0.773. The molecular weight excluding hydrogens is 272 g/mol. The van der Waals surface area contributed by atoms with Gasteiger partial charge in [0.1, 0.15) is 6.54 Å². The molecule has 1 aliphatic rings. The van der Waals surface area contributed by atoms with Crippen LogP contribution in [0.25, 0.3) is 0 Å². The van der Waals surface area contributed by atoms with Crippen molar-refractivity contribution in [2.24, 2.45) is 11.8 Å². The smallest absolute Gasteiger partial charge is 0.325 e. The van der Waals surface area contributed by atoms with Crippen LogP contribution in [0.5, 0.6) is 0 Å². The van der Waals surface area contributed by atoms with Crippen molar-refractivity contribution >= 4 is 17.7 Å². The summed E-state index contributed by atoms with van der Waals surface area (Å²) in [7, 11) is 0. The van der Waals surface area contributed by atoms with Gasteiger partial charge in [-0.1, -0.05) is 19.8 Å². The molecule has 0 spiro atoms. The van der Waals surface area contributed by atoms with Gasteiger partial charge in [-0.05, 0) is 24.7 Å². The highest BCUT2D eigenvalue weighted by molar-refractivity contribution is 5.88. The van der Waals surface area contributed by atoms with E-state index in [4.69, 9.17) is 5.11 Å². The Balaban J connectivity index is 1.73. The van der Waals surface area contributed by atoms with Crippen LogP contribution in [0.15, 0.2) is 12.4 Å². The Hall–Kier alpha value is -2.05. The highest BCUT2D eigenvalue weighted by Crippen LogP contribution is 2.27. The van der Waals surface area contributed by atoms with Crippen molar-refractivity contribution in [2.75, 3.05) is 11.9 Å². The minimum Gasteiger partial charge on any atom is -0.480 e. The molecule has 116 valence electrons. The van der Waals surface area contributed by atoms with Gasteiger partial charge in [-0.15, -0.1) is 0 Å². The lowest BCUT2D eigenvalue weighted by Crippen LogP contribution is -2.34. The van der Waals surface area contributed by atoms with Crippen LogP contribution in [0.1, 0.15) is 32.6 Å². The fourth-order valence-electron chi connectivity index (χ4n) is 2.81. The van der Waals surface area contributed by atoms with E-state index in [1.54, 1.807) is 0 Å². The third-order valence-electron chi connectivity index (χ3n) is 3.78. The molecule has 7 nitrogen and oxygen atoms in total. The number of carboxylic acids is 1. The zero-order valence-electron chi connectivity index (χ0n) is 12.2. The van der Waals surface area contributed by atoms with Crippen molar-refractivity contribution in [1.82, 2.24) is 15.1 Å². The summed E-state index contributed by atoms with van der Waals surface area (Å²) in [5, 5.41) is 18.0. The van der Waals surface area contributed by atoms with Crippen LogP contribution in [0, 0.1) is 11.8 Å². The van der Waals surface area contributed by atoms with Gasteiger partial charge in [-0.25, -0.2) is 4.79 Å². The summed E-state index contributed by atoms with van der Waals surface area (Å²) in [6, 6.07) is -0.275. The number of hydrogen-bond donors (Lipinski definition) is 3. The molecule has 3 N–H and O–H groups in total. The van der Waals surface area contributed by atoms with Crippen molar-refractivity contribution in [3.05, 3.63) is 12.4 Å². The molecule has 2 unspecified atom stereocenters. The van der Waals surface area contributed by atoms with Gasteiger partial charge in [0.25, 0.3) is 0 Å². The van der Waals surface area contributed by atoms with Gasteiger partial charge in [0.05, 0.1) is 11.9 Å². The summed E-state index contributed by atoms with van der Waals surface area (Å²) in [5.74, 6) is 0.317. The van der Waals surface area contributed by atoms with E-state index in [1.807, 2.05) is 0 Å². The molecular formula is C14H22N4O3. The maximum atomic E-state index is 11.8. The zero-order valence-corrected chi connectivity index (χ0v) is 12.2. The number of aromatic nitrogens is 2. The highest BCUT2D eigenvalue weighted by atomic mass is 16.4. The van der Waals surface area contributed by atoms with E-state index in [-0.39, 0.29) is 12.6 Å². The fourth-order valence-corrected chi connectivity index (χ4v) is 2.81. The minimum absolute atomic E-state index is 0.219. The van der Waals surface area contributed by atoms with Gasteiger partial charge in [0.2, 0.25) is 0 Å². The summed E-state index contributed by atoms with van der Waals surface area (Å²) in [4.78, 5) is 22.3. The molecule has 1 aliphatic carbocycles. The van der Waals surface area contributed by atoms with Gasteiger partial charge in [-0.2, -0.15) is 5.10 Å². The van der Waals surface area contributed by atoms with Gasteiger partial charge in [0.15, 0.2) is 0 Å². The number of carbonyl (C=O) groups excluding carboxylic acids is 1. The molecule has 0 radical (unpaired) electrons. The van der Waals surface area contributed by atoms with Crippen LogP contribution < -0.4 is 10.6 Å². The van der Waals surface area contributed by atoms with E-state index in [0.717, 1.165) is 12.3 Å². The summed E-state index contributed by atoms with van der Waals surface area (Å²) < 4.78 is 1.26. The number of carboxylic acid groups (broad SMARTS) is 1. The first-order valence-electron chi connectivity index (χ1n) is 7.32. The van der Waals surface area contributed by atoms with Crippen molar-refractivity contribution < 1.29 is 14.7 Å². The topological polar surface area (TPSA) is 96.3 Å². The number of aliphatic carboxylic acids is 1. The van der Waals surface area contributed by atoms with E-state index in [2.05, 4.69) is 22.7 Å². The number of carbonyl (C=O) groups is 2. The molecule has 21 heavy (non-hydrogen) atoms. The van der Waals surface area contributed by atoms with Crippen molar-refractivity contribution in [3.8, 4) is 0 Å². The summed E-state index contributed by atoms with van der Waals surface area (Å²) >= 11 is 0. The number of nitrogens with one attached hydrogen (secondary N) is 2. The second-order valence-corrected chi connectivity index (χ2v) is 5.79. The van der Waals surface area contributed by atoms with Gasteiger partial charge in [0, 0.05) is 12.7 Å². The lowest BCUT2D eigenvalue weighted by molar-refractivity contribution is -0.137. The van der Waals surface area contributed by atoms with Gasteiger partial charge >= 0.3 is 12.0 Å². The van der Waals surface area contributed by atoms with E-state index in [1.165, 1.54) is 36.3 Å². The third kappa shape index (κ3) is 5.09. The Bertz CT molecular complexity index is 500. The monoisotopic (exact) mass is 294 g/mol. The second-order valence-electron chi connectivity index (χ2n) is 5.79. The van der Waals surface area contributed by atoms with Crippen LogP contribution in [0.3, 0.4) is 0 Å². The summed E-state index contributed by atoms with van der Waals surface area (Å²) in [6.45, 7) is 2.71. The Morgan fingerprint density at radius 1 is 1.48 bits per heavy atom. The Morgan fingerprint density at radius 2 is 2.29 bits per heavy atom. The first-order valence-corrected chi connectivity index (χ1v) is 7.32. The van der Waals surface area contributed by atoms with Crippen molar-refractivity contribution in [2.45, 2.75) is 39.2 Å². The van der Waals surface area contributed by atoms with Crippen LogP contribution in [-0.4, -0.2) is 33.4 Å². The second kappa shape index (κ2) is 7.10. The first-order chi connectivity index (χ1) is 10.0. The predicted molar refractivity (Wildman–Crippen MR) is 78.0 cm³/mol. The predicted octanol–water partition coefficient (Wildman–Crippen LogP) is 1.92. The van der Waals surface area contributed by atoms with Gasteiger partial charge in [-0.3, -0.25) is 9.48 Å². The number of rotatable bonds is 5. The standard InChI is InChI=1S/C14H22N4O3/c1-10-3-2-4-11(5-10)6-15-14(21)17-12-7-16-18(8-12)9-13(19)20/h7-8,10-11H,2-6,9H2,1H3,(H,19,20)(H2,15,17,21). The number of urea groups is 1. The molecule has 0 aromatic carbocycles. The largest absolute Gasteiger partial charge is 0.480 e. The zero-order chi connectivity index (χ0) is 15.2. The molecule has 7 heteroatoms. The molecule has 1 heterocycles. The van der Waals surface area contributed by atoms with E-state index in [0.29, 0.717) is 18.2 Å². The highest BCUT2D eigenvalue weighted by Gasteiger charge is 2.19. The minimum atomic E-state index is -0.972. The number of anilines is 1. The molecule has 1 saturated carbocycles. The van der Waals surface area contributed by atoms with E-state index in [9.17, 15) is 9.59 Å². The summed E-state index contributed by atoms with van der Waals surface area (Å²) in [5.41, 5.74) is 0.491. The molecule has 1 aromatic rings. The van der Waals surface area contributed by atoms with Gasteiger partial charge < -0.3 is 15.7 Å². The summed E-state index contributed by atoms with van der Waals surface area (Å²) in [6.07, 6.45) is 7.78. The Kier molecular flexibility index (Phi) is 5.19. The molecule has 0 saturated heterocycles. The van der Waals surface area contributed by atoms with Crippen LogP contribution in [0.2, 0.25) is 0 Å². The van der Waals surface area contributed by atoms with Crippen molar-refractivity contribution in [3.63, 3.8) is 0 Å². The third-order valence-corrected chi connectivity index (χ3v) is 3.78. The van der Waals surface area contributed by atoms with Crippen molar-refractivity contribution in [1.29, 1.82) is 0 Å². The fraction of sp³-hybridized carbons (Fsp3) is 0.643. The van der Waals surface area contributed by atoms with Crippen LogP contribution in [-0.2, 0) is 11.3 Å². The normalized spacial score (nSPS) is 21.8. The van der Waals surface area contributed by atoms with E-state index < -0.39 is 5.97 Å². The average Bonchev–Trinajstić information content (AvgIpc) is 2.83. The lowest BCUT2D eigenvalue weighted by Gasteiger charge is -2.26. The molecule has 2 amide bonds. The number of nitrogens with zero attached hydrogens (tertiary/aromatic N) is 2. The molecule has 2 atom stereocenters. The molecule has 1 fully saturated rings. The maximum absolute atomic E-state index is 11.8. The Labute approximate surface area is 123 Å². The number of amides is 2. The Morgan fingerprint density at radius 3 is 3.00 bits per heavy atom. The first kappa shape index (κ1) is 15.3. The molecule has 0 aliphatic heterocycles.